The average Bonchev–Trinajstić information content (AvgIpc) is 3.37. The first kappa shape index (κ1) is 74.0. The van der Waals surface area contributed by atoms with Gasteiger partial charge in [0, 0.05) is 64.1 Å². The molecule has 0 saturated carbocycles. The fraction of sp³-hybridized carbons (Fsp3) is 0.600. The largest absolute Gasteiger partial charge is 0.507 e. The van der Waals surface area contributed by atoms with E-state index in [0.717, 1.165) is 54.3 Å². The molecule has 0 aliphatic carbocycles. The van der Waals surface area contributed by atoms with Gasteiger partial charge in [-0.05, 0) is 120 Å². The fourth-order valence-corrected chi connectivity index (χ4v) is 14.5. The smallest absolute Gasteiger partial charge is 0.314 e. The summed E-state index contributed by atoms with van der Waals surface area (Å²) in [6, 6.07) is 17.1. The van der Waals surface area contributed by atoms with E-state index < -0.39 is 23.9 Å². The lowest BCUT2D eigenvalue weighted by atomic mass is 9.79. The molecule has 4 aromatic rings. The summed E-state index contributed by atoms with van der Waals surface area (Å²) in [5.74, 6) is -0.614. The maximum atomic E-state index is 12.7. The molecule has 0 unspecified atom stereocenters. The van der Waals surface area contributed by atoms with Crippen LogP contribution in [-0.4, -0.2) is 52.5 Å². The zero-order chi connectivity index (χ0) is 65.3. The van der Waals surface area contributed by atoms with E-state index in [9.17, 15) is 34.5 Å². The Balaban J connectivity index is 0.000000398. The molecule has 14 heteroatoms. The summed E-state index contributed by atoms with van der Waals surface area (Å²) < 4.78 is 9.57. The number of phenols is 3. The highest BCUT2D eigenvalue weighted by atomic mass is 32.2. The van der Waals surface area contributed by atoms with Crippen molar-refractivity contribution < 1.29 is 49.1 Å². The van der Waals surface area contributed by atoms with E-state index in [2.05, 4.69) is 247 Å². The summed E-state index contributed by atoms with van der Waals surface area (Å²) in [6.45, 7) is 60.1. The molecule has 4 N–H and O–H groups in total. The van der Waals surface area contributed by atoms with E-state index in [4.69, 9.17) is 9.84 Å². The fourth-order valence-electron chi connectivity index (χ4n) is 9.30. The number of thioether (sulfide) groups is 4. The summed E-state index contributed by atoms with van der Waals surface area (Å²) in [4.78, 5) is 48.3. The zero-order valence-corrected chi connectivity index (χ0v) is 59.6. The third-order valence-corrected chi connectivity index (χ3v) is 18.6. The number of aromatic hydroxyl groups is 3. The Morgan fingerprint density at radius 1 is 0.381 bits per heavy atom. The van der Waals surface area contributed by atoms with Gasteiger partial charge in [-0.25, -0.2) is 0 Å². The van der Waals surface area contributed by atoms with E-state index in [0.29, 0.717) is 23.0 Å². The van der Waals surface area contributed by atoms with Crippen LogP contribution in [0.4, 0.5) is 0 Å². The van der Waals surface area contributed by atoms with Crippen LogP contribution < -0.4 is 4.74 Å². The van der Waals surface area contributed by atoms with Gasteiger partial charge in [-0.15, -0.1) is 47.0 Å². The molecule has 468 valence electrons. The number of ether oxygens (including phenoxy) is 2. The molecule has 0 aromatic heterocycles. The van der Waals surface area contributed by atoms with Crippen LogP contribution in [-0.2, 0) is 67.2 Å². The van der Waals surface area contributed by atoms with Crippen LogP contribution in [0.1, 0.15) is 264 Å². The number of phenolic OH excluding ortho intramolecular Hbond substituents is 3. The molecule has 4 aromatic carbocycles. The van der Waals surface area contributed by atoms with Crippen molar-refractivity contribution in [3.8, 4) is 23.0 Å². The van der Waals surface area contributed by atoms with Crippen molar-refractivity contribution in [2.24, 2.45) is 0 Å². The highest BCUT2D eigenvalue weighted by Gasteiger charge is 2.35. The number of benzene rings is 4. The quantitative estimate of drug-likeness (QED) is 0.0348. The molecule has 1 aliphatic heterocycles. The lowest BCUT2D eigenvalue weighted by Crippen LogP contribution is -2.22. The van der Waals surface area contributed by atoms with Crippen molar-refractivity contribution in [2.45, 2.75) is 291 Å². The van der Waals surface area contributed by atoms with Gasteiger partial charge in [0.25, 0.3) is 0 Å². The SMILES string of the molecule is CC(C)(Sc1cc(C(C)(C)C)c(O)c(C(C)(C)C)c1)Sc1cc(C(C)(C)C)c(O)c(C(C)(C)C)c1.CC(C)(Sc1cc(C(C)(C)C)c(O)c(C(C)(C)C)c1)Sc1cc(C(C)(C)C)c(OC(=O)CCC(=O)O)c(C(C)(C)C)c1.O=C1CCC(=O)O1. The molecular weight excluding hydrogens is 1130 g/mol. The Labute approximate surface area is 523 Å². The van der Waals surface area contributed by atoms with Crippen molar-refractivity contribution in [2.75, 3.05) is 0 Å². The van der Waals surface area contributed by atoms with Crippen LogP contribution in [0.15, 0.2) is 68.1 Å². The molecule has 1 aliphatic rings. The van der Waals surface area contributed by atoms with Crippen molar-refractivity contribution >= 4 is 70.9 Å². The standard InChI is InChI=1S/C35H52O5S2.C31H48O2S2.C4H4O3/c1-31(2,3)23-17-21(18-24(29(23)39)32(4,5)6)41-35(13,14)42-22-19-25(33(7,8)9)30(26(20-22)34(10,11)12)40-28(38)16-15-27(36)37;1-27(2,3)21-15-19(16-22(25(21)32)28(4,5)6)34-31(13,14)35-20-17-23(29(7,8)9)26(33)24(18-20)30(10,11)12;5-3-1-2-4(6)7-3/h17-20,39H,15-16H2,1-14H3,(H,36,37);15-18,32-33H,1-14H3;1-2H2. The number of rotatable bonds is 12. The number of carbonyl (C=O) groups excluding carboxylic acids is 3. The number of carboxylic acids is 1. The number of hydrogen-bond acceptors (Lipinski definition) is 13. The molecule has 1 fully saturated rings. The van der Waals surface area contributed by atoms with Crippen LogP contribution in [0.25, 0.3) is 0 Å². The third-order valence-electron chi connectivity index (χ3n) is 13.8. The molecule has 0 bridgehead atoms. The number of esters is 3. The minimum Gasteiger partial charge on any atom is -0.507 e. The molecule has 1 heterocycles. The predicted octanol–water partition coefficient (Wildman–Crippen LogP) is 19.7. The van der Waals surface area contributed by atoms with Gasteiger partial charge in [-0.2, -0.15) is 0 Å². The van der Waals surface area contributed by atoms with Crippen LogP contribution in [0.2, 0.25) is 0 Å². The van der Waals surface area contributed by atoms with Gasteiger partial charge in [0.2, 0.25) is 0 Å². The summed E-state index contributed by atoms with van der Waals surface area (Å²) >= 11 is 7.19. The van der Waals surface area contributed by atoms with Gasteiger partial charge in [-0.3, -0.25) is 19.2 Å². The van der Waals surface area contributed by atoms with E-state index in [1.54, 1.807) is 23.5 Å². The van der Waals surface area contributed by atoms with Gasteiger partial charge in [0.15, 0.2) is 0 Å². The van der Waals surface area contributed by atoms with E-state index in [1.165, 1.54) is 9.79 Å². The summed E-state index contributed by atoms with van der Waals surface area (Å²) in [5.41, 5.74) is 5.98. The summed E-state index contributed by atoms with van der Waals surface area (Å²) in [7, 11) is 0. The molecule has 1 saturated heterocycles. The molecule has 84 heavy (non-hydrogen) atoms. The van der Waals surface area contributed by atoms with Crippen LogP contribution >= 0.6 is 47.0 Å². The second kappa shape index (κ2) is 26.6. The van der Waals surface area contributed by atoms with Gasteiger partial charge in [0.05, 0.1) is 33.8 Å². The predicted molar refractivity (Wildman–Crippen MR) is 355 cm³/mol. The van der Waals surface area contributed by atoms with Crippen LogP contribution in [0.5, 0.6) is 23.0 Å². The van der Waals surface area contributed by atoms with Gasteiger partial charge in [0.1, 0.15) is 23.0 Å². The Kier molecular flexibility index (Phi) is 23.5. The minimum absolute atomic E-state index is 0.155. The third kappa shape index (κ3) is 21.6. The molecule has 0 atom stereocenters. The normalized spacial score (nSPS) is 14.1. The van der Waals surface area contributed by atoms with E-state index >= 15 is 0 Å². The van der Waals surface area contributed by atoms with Crippen LogP contribution in [0.3, 0.4) is 0 Å². The minimum atomic E-state index is -1.02. The lowest BCUT2D eigenvalue weighted by molar-refractivity contribution is -0.152. The first-order chi connectivity index (χ1) is 37.4. The Morgan fingerprint density at radius 2 is 0.583 bits per heavy atom. The maximum Gasteiger partial charge on any atom is 0.314 e. The summed E-state index contributed by atoms with van der Waals surface area (Å²) in [6.07, 6.45) is 0.0824. The van der Waals surface area contributed by atoms with Gasteiger partial charge < -0.3 is 29.9 Å². The topological polar surface area (TPSA) is 168 Å². The Morgan fingerprint density at radius 3 is 0.750 bits per heavy atom. The van der Waals surface area contributed by atoms with Gasteiger partial charge >= 0.3 is 23.9 Å². The molecule has 0 spiro atoms. The van der Waals surface area contributed by atoms with E-state index in [-0.39, 0.29) is 77.2 Å². The number of aliphatic carboxylic acids is 1. The molecule has 0 amide bonds. The number of cyclic esters (lactones) is 2. The van der Waals surface area contributed by atoms with Crippen LogP contribution in [0, 0.1) is 0 Å². The van der Waals surface area contributed by atoms with Gasteiger partial charge in [-0.1, -0.05) is 166 Å². The first-order valence-corrected chi connectivity index (χ1v) is 32.5. The molecule has 10 nitrogen and oxygen atoms in total. The number of carboxylic acid groups (broad SMARTS) is 1. The zero-order valence-electron chi connectivity index (χ0n) is 56.3. The second-order valence-corrected chi connectivity index (χ2v) is 38.7. The molecule has 5 rings (SSSR count). The number of hydrogen-bond donors (Lipinski definition) is 4. The lowest BCUT2D eigenvalue weighted by Gasteiger charge is -2.32. The van der Waals surface area contributed by atoms with E-state index in [1.807, 2.05) is 23.5 Å². The monoisotopic (exact) mass is 1230 g/mol. The Hall–Kier alpha value is -4.24. The van der Waals surface area contributed by atoms with Crippen molar-refractivity contribution in [1.82, 2.24) is 0 Å². The first-order valence-electron chi connectivity index (χ1n) is 29.2. The molecule has 0 radical (unpaired) electrons. The average molecular weight is 1230 g/mol. The highest BCUT2D eigenvalue weighted by molar-refractivity contribution is 8.18. The van der Waals surface area contributed by atoms with Crippen molar-refractivity contribution in [3.05, 3.63) is 93.0 Å². The Bertz CT molecular complexity index is 2800. The second-order valence-electron chi connectivity index (χ2n) is 31.4. The number of carbonyl (C=O) groups is 4. The maximum absolute atomic E-state index is 12.7. The highest BCUT2D eigenvalue weighted by Crippen LogP contribution is 2.53. The molecular formula is C70H104O10S4. The summed E-state index contributed by atoms with van der Waals surface area (Å²) in [5, 5.41) is 42.5. The van der Waals surface area contributed by atoms with Crippen molar-refractivity contribution in [1.29, 1.82) is 0 Å². The van der Waals surface area contributed by atoms with Crippen molar-refractivity contribution in [3.63, 3.8) is 0 Å².